The number of rotatable bonds is 1. The molecule has 19 heavy (non-hydrogen) atoms. The maximum absolute atomic E-state index is 12.4. The Balaban J connectivity index is 2.62. The summed E-state index contributed by atoms with van der Waals surface area (Å²) in [6.07, 6.45) is -0.328. The monoisotopic (exact) mass is 323 g/mol. The van der Waals surface area contributed by atoms with Gasteiger partial charge in [0.1, 0.15) is 5.60 Å². The van der Waals surface area contributed by atoms with Crippen LogP contribution in [-0.4, -0.2) is 16.3 Å². The molecule has 2 aromatic rings. The quantitative estimate of drug-likeness (QED) is 0.716. The highest BCUT2D eigenvalue weighted by atomic mass is 79.9. The number of fused-ring (bicyclic) bond motifs is 1. The van der Waals surface area contributed by atoms with Crippen LogP contribution in [0.15, 0.2) is 24.3 Å². The molecule has 0 amide bonds. The zero-order valence-electron chi connectivity index (χ0n) is 11.7. The van der Waals surface area contributed by atoms with Gasteiger partial charge in [-0.1, -0.05) is 34.1 Å². The number of hydrogen-bond donors (Lipinski definition) is 0. The van der Waals surface area contributed by atoms with Gasteiger partial charge in [0, 0.05) is 16.4 Å². The molecule has 0 unspecified atom stereocenters. The SMILES string of the molecule is Cc1c(CBr)n(C(=O)OC(C)(C)C)c2ccccc12. The fraction of sp³-hybridized carbons (Fsp3) is 0.400. The summed E-state index contributed by atoms with van der Waals surface area (Å²) in [4.78, 5) is 12.4. The normalized spacial score (nSPS) is 11.8. The number of carbonyl (C=O) groups is 1. The topological polar surface area (TPSA) is 31.2 Å². The molecular formula is C15H18BrNO2. The summed E-state index contributed by atoms with van der Waals surface area (Å²) in [5.74, 6) is 0. The highest BCUT2D eigenvalue weighted by molar-refractivity contribution is 9.08. The first-order valence-corrected chi connectivity index (χ1v) is 7.35. The van der Waals surface area contributed by atoms with Gasteiger partial charge in [0.25, 0.3) is 0 Å². The van der Waals surface area contributed by atoms with Crippen LogP contribution in [-0.2, 0) is 10.1 Å². The molecule has 1 aromatic heterocycles. The van der Waals surface area contributed by atoms with Gasteiger partial charge < -0.3 is 4.74 Å². The average molecular weight is 324 g/mol. The van der Waals surface area contributed by atoms with Crippen LogP contribution < -0.4 is 0 Å². The van der Waals surface area contributed by atoms with Crippen molar-refractivity contribution in [3.05, 3.63) is 35.5 Å². The first-order valence-electron chi connectivity index (χ1n) is 6.23. The molecule has 2 rings (SSSR count). The maximum Gasteiger partial charge on any atom is 0.419 e. The molecule has 0 aliphatic carbocycles. The minimum atomic E-state index is -0.500. The number of para-hydroxylation sites is 1. The van der Waals surface area contributed by atoms with E-state index in [1.165, 1.54) is 0 Å². The van der Waals surface area contributed by atoms with E-state index in [1.54, 1.807) is 4.57 Å². The van der Waals surface area contributed by atoms with Crippen LogP contribution >= 0.6 is 15.9 Å². The number of benzene rings is 1. The smallest absolute Gasteiger partial charge is 0.419 e. The van der Waals surface area contributed by atoms with Gasteiger partial charge >= 0.3 is 6.09 Å². The summed E-state index contributed by atoms with van der Waals surface area (Å²) in [6.45, 7) is 7.64. The fourth-order valence-electron chi connectivity index (χ4n) is 2.13. The lowest BCUT2D eigenvalue weighted by molar-refractivity contribution is 0.0541. The number of alkyl halides is 1. The summed E-state index contributed by atoms with van der Waals surface area (Å²) in [7, 11) is 0. The summed E-state index contributed by atoms with van der Waals surface area (Å²) in [5.41, 5.74) is 2.44. The summed E-state index contributed by atoms with van der Waals surface area (Å²) in [5, 5.41) is 1.70. The van der Waals surface area contributed by atoms with Gasteiger partial charge in [-0.2, -0.15) is 0 Å². The average Bonchev–Trinajstić information content (AvgIpc) is 2.60. The van der Waals surface area contributed by atoms with Crippen molar-refractivity contribution in [2.45, 2.75) is 38.6 Å². The third-order valence-corrected chi connectivity index (χ3v) is 3.49. The maximum atomic E-state index is 12.4. The Kier molecular flexibility index (Phi) is 3.72. The fourth-order valence-corrected chi connectivity index (χ4v) is 2.80. The third kappa shape index (κ3) is 2.68. The number of hydrogen-bond acceptors (Lipinski definition) is 2. The second kappa shape index (κ2) is 5.00. The Morgan fingerprint density at radius 3 is 2.53 bits per heavy atom. The lowest BCUT2D eigenvalue weighted by atomic mass is 10.2. The molecule has 1 heterocycles. The standard InChI is InChI=1S/C15H18BrNO2/c1-10-11-7-5-6-8-12(11)17(13(10)9-16)14(18)19-15(2,3)4/h5-8H,9H2,1-4H3. The van der Waals surface area contributed by atoms with Crippen molar-refractivity contribution >= 4 is 32.9 Å². The van der Waals surface area contributed by atoms with E-state index >= 15 is 0 Å². The summed E-state index contributed by atoms with van der Waals surface area (Å²) >= 11 is 3.46. The van der Waals surface area contributed by atoms with E-state index in [4.69, 9.17) is 4.74 Å². The number of ether oxygens (including phenoxy) is 1. The Bertz CT molecular complexity index is 623. The van der Waals surface area contributed by atoms with Crippen LogP contribution in [0.5, 0.6) is 0 Å². The van der Waals surface area contributed by atoms with Gasteiger partial charge in [-0.15, -0.1) is 0 Å². The molecule has 0 aliphatic heterocycles. The molecular weight excluding hydrogens is 306 g/mol. The van der Waals surface area contributed by atoms with Crippen LogP contribution in [0.1, 0.15) is 32.0 Å². The molecule has 4 heteroatoms. The van der Waals surface area contributed by atoms with Gasteiger partial charge in [0.15, 0.2) is 0 Å². The van der Waals surface area contributed by atoms with E-state index < -0.39 is 5.60 Å². The predicted octanol–water partition coefficient (Wildman–Crippen LogP) is 4.63. The third-order valence-electron chi connectivity index (χ3n) is 2.95. The molecule has 0 N–H and O–H groups in total. The lowest BCUT2D eigenvalue weighted by Gasteiger charge is -2.20. The predicted molar refractivity (Wildman–Crippen MR) is 80.9 cm³/mol. The summed E-state index contributed by atoms with van der Waals surface area (Å²) < 4.78 is 7.15. The molecule has 0 atom stereocenters. The van der Waals surface area contributed by atoms with Gasteiger partial charge in [-0.25, -0.2) is 9.36 Å². The van der Waals surface area contributed by atoms with Crippen molar-refractivity contribution < 1.29 is 9.53 Å². The number of carbonyl (C=O) groups excluding carboxylic acids is 1. The Morgan fingerprint density at radius 1 is 1.32 bits per heavy atom. The minimum absolute atomic E-state index is 0.328. The van der Waals surface area contributed by atoms with E-state index in [0.717, 1.165) is 22.2 Å². The van der Waals surface area contributed by atoms with Crippen LogP contribution in [0.4, 0.5) is 4.79 Å². The Labute approximate surface area is 121 Å². The Hall–Kier alpha value is -1.29. The van der Waals surface area contributed by atoms with E-state index in [2.05, 4.69) is 15.9 Å². The second-order valence-electron chi connectivity index (χ2n) is 5.54. The van der Waals surface area contributed by atoms with Crippen LogP contribution in [0.3, 0.4) is 0 Å². The van der Waals surface area contributed by atoms with Gasteiger partial charge in [-0.3, -0.25) is 0 Å². The van der Waals surface area contributed by atoms with E-state index in [0.29, 0.717) is 5.33 Å². The van der Waals surface area contributed by atoms with Gasteiger partial charge in [0.2, 0.25) is 0 Å². The zero-order chi connectivity index (χ0) is 14.2. The highest BCUT2D eigenvalue weighted by Gasteiger charge is 2.23. The first-order chi connectivity index (χ1) is 8.85. The van der Waals surface area contributed by atoms with Crippen molar-refractivity contribution in [1.29, 1.82) is 0 Å². The van der Waals surface area contributed by atoms with Crippen molar-refractivity contribution in [2.75, 3.05) is 0 Å². The molecule has 0 bridgehead atoms. The molecule has 0 radical (unpaired) electrons. The molecule has 0 fully saturated rings. The number of halogens is 1. The largest absolute Gasteiger partial charge is 0.443 e. The summed E-state index contributed by atoms with van der Waals surface area (Å²) in [6, 6.07) is 7.88. The van der Waals surface area contributed by atoms with Crippen molar-refractivity contribution in [3.63, 3.8) is 0 Å². The van der Waals surface area contributed by atoms with Gasteiger partial charge in [-0.05, 0) is 39.3 Å². The number of aromatic nitrogens is 1. The van der Waals surface area contributed by atoms with Crippen LogP contribution in [0.2, 0.25) is 0 Å². The zero-order valence-corrected chi connectivity index (χ0v) is 13.2. The molecule has 1 aromatic carbocycles. The lowest BCUT2D eigenvalue weighted by Crippen LogP contribution is -2.27. The first kappa shape index (κ1) is 14.1. The molecule has 102 valence electrons. The molecule has 0 saturated heterocycles. The van der Waals surface area contributed by atoms with Crippen molar-refractivity contribution in [2.24, 2.45) is 0 Å². The number of nitrogens with zero attached hydrogens (tertiary/aromatic N) is 1. The number of aryl methyl sites for hydroxylation is 1. The molecule has 0 saturated carbocycles. The van der Waals surface area contributed by atoms with Crippen LogP contribution in [0.25, 0.3) is 10.9 Å². The molecule has 0 spiro atoms. The van der Waals surface area contributed by atoms with Crippen molar-refractivity contribution in [1.82, 2.24) is 4.57 Å². The van der Waals surface area contributed by atoms with Gasteiger partial charge in [0.05, 0.1) is 5.52 Å². The van der Waals surface area contributed by atoms with Crippen LogP contribution in [0, 0.1) is 6.92 Å². The van der Waals surface area contributed by atoms with E-state index in [9.17, 15) is 4.79 Å². The van der Waals surface area contributed by atoms with E-state index in [1.807, 2.05) is 52.0 Å². The highest BCUT2D eigenvalue weighted by Crippen LogP contribution is 2.28. The Morgan fingerprint density at radius 2 is 1.95 bits per heavy atom. The van der Waals surface area contributed by atoms with Crippen molar-refractivity contribution in [3.8, 4) is 0 Å². The van der Waals surface area contributed by atoms with E-state index in [-0.39, 0.29) is 6.09 Å². The molecule has 0 aliphatic rings. The molecule has 3 nitrogen and oxygen atoms in total. The minimum Gasteiger partial charge on any atom is -0.443 e. The second-order valence-corrected chi connectivity index (χ2v) is 6.10.